The third kappa shape index (κ3) is 4.08. The highest BCUT2D eigenvalue weighted by molar-refractivity contribution is 5.79. The van der Waals surface area contributed by atoms with Crippen LogP contribution < -0.4 is 0 Å². The van der Waals surface area contributed by atoms with Crippen LogP contribution in [0.4, 0.5) is 0 Å². The van der Waals surface area contributed by atoms with Gasteiger partial charge in [-0.1, -0.05) is 0 Å². The molecule has 0 aromatic rings. The van der Waals surface area contributed by atoms with Crippen molar-refractivity contribution >= 4 is 5.91 Å². The molecule has 0 aromatic carbocycles. The summed E-state index contributed by atoms with van der Waals surface area (Å²) < 4.78 is 10.2. The molecular weight excluding hydrogens is 210 g/mol. The molecule has 1 heterocycles. The largest absolute Gasteiger partial charge is 0.395 e. The number of rotatable bonds is 6. The number of aliphatic hydroxyl groups excluding tert-OH is 1. The van der Waals surface area contributed by atoms with E-state index in [2.05, 4.69) is 0 Å². The number of carbonyl (C=O) groups excluding carboxylic acids is 1. The lowest BCUT2D eigenvalue weighted by atomic mass is 10.0. The molecule has 1 aliphatic heterocycles. The molecule has 1 amide bonds. The predicted molar refractivity (Wildman–Crippen MR) is 59.1 cm³/mol. The summed E-state index contributed by atoms with van der Waals surface area (Å²) in [6, 6.07) is 0. The average Bonchev–Trinajstić information content (AvgIpc) is 2.35. The molecule has 0 aliphatic carbocycles. The maximum atomic E-state index is 12.1. The number of amides is 1. The number of methoxy groups -OCH3 is 1. The van der Waals surface area contributed by atoms with Crippen molar-refractivity contribution in [2.45, 2.75) is 12.8 Å². The van der Waals surface area contributed by atoms with Crippen LogP contribution in [0.25, 0.3) is 0 Å². The van der Waals surface area contributed by atoms with E-state index in [0.29, 0.717) is 26.3 Å². The van der Waals surface area contributed by atoms with Gasteiger partial charge in [0.1, 0.15) is 0 Å². The fourth-order valence-electron chi connectivity index (χ4n) is 1.85. The number of aliphatic hydroxyl groups is 1. The number of nitrogens with zero attached hydrogens (tertiary/aromatic N) is 1. The fraction of sp³-hybridized carbons (Fsp3) is 0.909. The Bertz CT molecular complexity index is 204. The molecular formula is C11H21NO4. The van der Waals surface area contributed by atoms with E-state index < -0.39 is 0 Å². The van der Waals surface area contributed by atoms with Crippen molar-refractivity contribution in [1.82, 2.24) is 4.90 Å². The lowest BCUT2D eigenvalue weighted by Crippen LogP contribution is -2.42. The van der Waals surface area contributed by atoms with E-state index in [4.69, 9.17) is 14.6 Å². The Morgan fingerprint density at radius 3 is 2.94 bits per heavy atom. The van der Waals surface area contributed by atoms with Gasteiger partial charge in [0.15, 0.2) is 0 Å². The van der Waals surface area contributed by atoms with E-state index in [0.717, 1.165) is 19.4 Å². The molecule has 0 bridgehead atoms. The Labute approximate surface area is 96.3 Å². The van der Waals surface area contributed by atoms with Gasteiger partial charge < -0.3 is 19.5 Å². The predicted octanol–water partition coefficient (Wildman–Crippen LogP) is -0.120. The topological polar surface area (TPSA) is 59.0 Å². The van der Waals surface area contributed by atoms with Crippen molar-refractivity contribution in [2.24, 2.45) is 5.92 Å². The quantitative estimate of drug-likeness (QED) is 0.692. The summed E-state index contributed by atoms with van der Waals surface area (Å²) >= 11 is 0. The van der Waals surface area contributed by atoms with Gasteiger partial charge in [0.25, 0.3) is 0 Å². The summed E-state index contributed by atoms with van der Waals surface area (Å²) in [7, 11) is 1.60. The lowest BCUT2D eigenvalue weighted by Gasteiger charge is -2.28. The summed E-state index contributed by atoms with van der Waals surface area (Å²) in [4.78, 5) is 13.7. The molecule has 16 heavy (non-hydrogen) atoms. The molecule has 1 N–H and O–H groups in total. The second-order valence-corrected chi connectivity index (χ2v) is 3.96. The second-order valence-electron chi connectivity index (χ2n) is 3.96. The van der Waals surface area contributed by atoms with Crippen LogP contribution in [0.5, 0.6) is 0 Å². The molecule has 1 atom stereocenters. The third-order valence-corrected chi connectivity index (χ3v) is 2.76. The summed E-state index contributed by atoms with van der Waals surface area (Å²) in [6.45, 7) is 2.66. The Morgan fingerprint density at radius 1 is 1.56 bits per heavy atom. The van der Waals surface area contributed by atoms with Crippen molar-refractivity contribution in [3.8, 4) is 0 Å². The van der Waals surface area contributed by atoms with Crippen molar-refractivity contribution in [3.63, 3.8) is 0 Å². The van der Waals surface area contributed by atoms with Gasteiger partial charge in [0, 0.05) is 26.8 Å². The monoisotopic (exact) mass is 231 g/mol. The zero-order valence-electron chi connectivity index (χ0n) is 9.85. The van der Waals surface area contributed by atoms with E-state index >= 15 is 0 Å². The van der Waals surface area contributed by atoms with Crippen LogP contribution in [0, 0.1) is 5.92 Å². The summed E-state index contributed by atoms with van der Waals surface area (Å²) in [5.74, 6) is 0.0305. The first-order valence-electron chi connectivity index (χ1n) is 5.76. The van der Waals surface area contributed by atoms with Gasteiger partial charge in [-0.3, -0.25) is 4.79 Å². The fourth-order valence-corrected chi connectivity index (χ4v) is 1.85. The maximum absolute atomic E-state index is 12.1. The number of hydrogen-bond donors (Lipinski definition) is 1. The smallest absolute Gasteiger partial charge is 0.228 e. The molecule has 0 spiro atoms. The van der Waals surface area contributed by atoms with Crippen LogP contribution in [0.1, 0.15) is 12.8 Å². The summed E-state index contributed by atoms with van der Waals surface area (Å²) in [5.41, 5.74) is 0. The van der Waals surface area contributed by atoms with Crippen LogP contribution in [-0.4, -0.2) is 62.5 Å². The van der Waals surface area contributed by atoms with Crippen molar-refractivity contribution in [2.75, 3.05) is 46.6 Å². The van der Waals surface area contributed by atoms with E-state index in [1.807, 2.05) is 0 Å². The van der Waals surface area contributed by atoms with Crippen LogP contribution in [0.15, 0.2) is 0 Å². The lowest BCUT2D eigenvalue weighted by molar-refractivity contribution is -0.140. The number of ether oxygens (including phenoxy) is 2. The standard InChI is InChI=1S/C11H21NO4/c1-15-8-5-12(4-6-13)11(14)10-3-2-7-16-9-10/h10,13H,2-9H2,1H3. The Morgan fingerprint density at radius 2 is 2.38 bits per heavy atom. The Kier molecular flexibility index (Phi) is 6.37. The molecule has 1 aliphatic rings. The highest BCUT2D eigenvalue weighted by Crippen LogP contribution is 2.16. The second kappa shape index (κ2) is 7.60. The number of carbonyl (C=O) groups is 1. The Balaban J connectivity index is 2.44. The molecule has 1 unspecified atom stereocenters. The van der Waals surface area contributed by atoms with Crippen LogP contribution >= 0.6 is 0 Å². The van der Waals surface area contributed by atoms with Gasteiger partial charge in [-0.15, -0.1) is 0 Å². The minimum Gasteiger partial charge on any atom is -0.395 e. The molecule has 1 saturated heterocycles. The third-order valence-electron chi connectivity index (χ3n) is 2.76. The Hall–Kier alpha value is -0.650. The van der Waals surface area contributed by atoms with Gasteiger partial charge in [0.05, 0.1) is 25.7 Å². The van der Waals surface area contributed by atoms with Crippen molar-refractivity contribution in [3.05, 3.63) is 0 Å². The molecule has 0 aromatic heterocycles. The van der Waals surface area contributed by atoms with Gasteiger partial charge in [0.2, 0.25) is 5.91 Å². The van der Waals surface area contributed by atoms with Gasteiger partial charge in [-0.25, -0.2) is 0 Å². The highest BCUT2D eigenvalue weighted by Gasteiger charge is 2.25. The minimum atomic E-state index is -0.0443. The van der Waals surface area contributed by atoms with Crippen LogP contribution in [0.3, 0.4) is 0 Å². The molecule has 0 saturated carbocycles. The first-order chi connectivity index (χ1) is 7.79. The zero-order chi connectivity index (χ0) is 11.8. The van der Waals surface area contributed by atoms with Crippen molar-refractivity contribution in [1.29, 1.82) is 0 Å². The van der Waals surface area contributed by atoms with E-state index in [1.165, 1.54) is 0 Å². The first-order valence-corrected chi connectivity index (χ1v) is 5.76. The molecule has 1 fully saturated rings. The maximum Gasteiger partial charge on any atom is 0.228 e. The van der Waals surface area contributed by atoms with Crippen molar-refractivity contribution < 1.29 is 19.4 Å². The van der Waals surface area contributed by atoms with Crippen LogP contribution in [-0.2, 0) is 14.3 Å². The van der Waals surface area contributed by atoms with Gasteiger partial charge in [-0.2, -0.15) is 0 Å². The van der Waals surface area contributed by atoms with E-state index in [-0.39, 0.29) is 18.4 Å². The number of hydrogen-bond acceptors (Lipinski definition) is 4. The van der Waals surface area contributed by atoms with Gasteiger partial charge >= 0.3 is 0 Å². The van der Waals surface area contributed by atoms with E-state index in [9.17, 15) is 4.79 Å². The molecule has 0 radical (unpaired) electrons. The molecule has 5 nitrogen and oxygen atoms in total. The zero-order valence-corrected chi connectivity index (χ0v) is 9.85. The molecule has 1 rings (SSSR count). The van der Waals surface area contributed by atoms with Crippen LogP contribution in [0.2, 0.25) is 0 Å². The average molecular weight is 231 g/mol. The minimum absolute atomic E-state index is 0.0109. The molecule has 5 heteroatoms. The summed E-state index contributed by atoms with van der Waals surface area (Å²) in [6.07, 6.45) is 1.82. The van der Waals surface area contributed by atoms with Gasteiger partial charge in [-0.05, 0) is 12.8 Å². The highest BCUT2D eigenvalue weighted by atomic mass is 16.5. The first kappa shape index (κ1) is 13.4. The SMILES string of the molecule is COCCN(CCO)C(=O)C1CCCOC1. The normalized spacial score (nSPS) is 20.8. The van der Waals surface area contributed by atoms with E-state index in [1.54, 1.807) is 12.0 Å². The molecule has 94 valence electrons. The summed E-state index contributed by atoms with van der Waals surface area (Å²) in [5, 5.41) is 8.92.